The van der Waals surface area contributed by atoms with Crippen LogP contribution in [0.1, 0.15) is 5.56 Å². The summed E-state index contributed by atoms with van der Waals surface area (Å²) in [5.41, 5.74) is -0.123. The SMILES string of the molecule is FC(F)(F)Cc1ccc(OC(F)(F)F)cc1. The summed E-state index contributed by atoms with van der Waals surface area (Å²) in [6, 6.07) is 3.56. The minimum absolute atomic E-state index is 0.123. The van der Waals surface area contributed by atoms with Crippen molar-refractivity contribution in [3.63, 3.8) is 0 Å². The van der Waals surface area contributed by atoms with E-state index >= 15 is 0 Å². The van der Waals surface area contributed by atoms with Crippen LogP contribution in [0.25, 0.3) is 0 Å². The molecule has 0 saturated heterocycles. The number of hydrogen-bond acceptors (Lipinski definition) is 1. The minimum Gasteiger partial charge on any atom is -0.406 e. The highest BCUT2D eigenvalue weighted by molar-refractivity contribution is 5.27. The first kappa shape index (κ1) is 12.7. The van der Waals surface area contributed by atoms with Crippen LogP contribution < -0.4 is 4.74 Å². The van der Waals surface area contributed by atoms with Crippen molar-refractivity contribution in [1.82, 2.24) is 0 Å². The normalized spacial score (nSPS) is 12.6. The van der Waals surface area contributed by atoms with Crippen LogP contribution in [0.4, 0.5) is 26.3 Å². The number of halogens is 6. The van der Waals surface area contributed by atoms with E-state index in [2.05, 4.69) is 4.74 Å². The minimum atomic E-state index is -4.84. The van der Waals surface area contributed by atoms with Gasteiger partial charge in [0.25, 0.3) is 0 Å². The summed E-state index contributed by atoms with van der Waals surface area (Å²) in [5.74, 6) is -0.543. The molecule has 1 aromatic rings. The molecule has 1 rings (SSSR count). The van der Waals surface area contributed by atoms with Crippen molar-refractivity contribution in [3.05, 3.63) is 29.8 Å². The van der Waals surface area contributed by atoms with Gasteiger partial charge in [-0.15, -0.1) is 13.2 Å². The molecule has 0 heterocycles. The highest BCUT2D eigenvalue weighted by atomic mass is 19.4. The molecule has 1 nitrogen and oxygen atoms in total. The molecule has 0 aliphatic heterocycles. The van der Waals surface area contributed by atoms with E-state index in [4.69, 9.17) is 0 Å². The van der Waals surface area contributed by atoms with Crippen molar-refractivity contribution in [1.29, 1.82) is 0 Å². The van der Waals surface area contributed by atoms with Crippen molar-refractivity contribution in [2.75, 3.05) is 0 Å². The lowest BCUT2D eigenvalue weighted by Gasteiger charge is -2.10. The Morgan fingerprint density at radius 1 is 0.875 bits per heavy atom. The third kappa shape index (κ3) is 4.90. The third-order valence-corrected chi connectivity index (χ3v) is 1.56. The van der Waals surface area contributed by atoms with Crippen LogP contribution >= 0.6 is 0 Å². The van der Waals surface area contributed by atoms with Crippen molar-refractivity contribution >= 4 is 0 Å². The van der Waals surface area contributed by atoms with Crippen molar-refractivity contribution in [2.24, 2.45) is 0 Å². The van der Waals surface area contributed by atoms with Crippen LogP contribution in [0.2, 0.25) is 0 Å². The molecule has 0 aromatic heterocycles. The molecule has 0 radical (unpaired) electrons. The third-order valence-electron chi connectivity index (χ3n) is 1.56. The summed E-state index contributed by atoms with van der Waals surface area (Å²) in [6.45, 7) is 0. The first-order chi connectivity index (χ1) is 7.16. The van der Waals surface area contributed by atoms with Gasteiger partial charge in [0.2, 0.25) is 0 Å². The zero-order valence-corrected chi connectivity index (χ0v) is 7.69. The lowest BCUT2D eigenvalue weighted by atomic mass is 10.1. The maximum Gasteiger partial charge on any atom is 0.573 e. The molecule has 7 heteroatoms. The quantitative estimate of drug-likeness (QED) is 0.721. The van der Waals surface area contributed by atoms with Gasteiger partial charge in [-0.3, -0.25) is 0 Å². The van der Waals surface area contributed by atoms with Crippen LogP contribution in [-0.4, -0.2) is 12.5 Å². The molecule has 0 unspecified atom stereocenters. The van der Waals surface area contributed by atoms with Gasteiger partial charge in [-0.1, -0.05) is 12.1 Å². The first-order valence-corrected chi connectivity index (χ1v) is 4.07. The highest BCUT2D eigenvalue weighted by Gasteiger charge is 2.31. The largest absolute Gasteiger partial charge is 0.573 e. The van der Waals surface area contributed by atoms with Crippen LogP contribution in [0.5, 0.6) is 5.75 Å². The molecule has 16 heavy (non-hydrogen) atoms. The van der Waals surface area contributed by atoms with E-state index in [1.54, 1.807) is 0 Å². The van der Waals surface area contributed by atoms with Crippen LogP contribution in [0, 0.1) is 0 Å². The molecule has 0 N–H and O–H groups in total. The average molecular weight is 244 g/mol. The number of alkyl halides is 6. The fourth-order valence-corrected chi connectivity index (χ4v) is 1.04. The number of benzene rings is 1. The zero-order chi connectivity index (χ0) is 12.4. The number of hydrogen-bond donors (Lipinski definition) is 0. The van der Waals surface area contributed by atoms with Gasteiger partial charge in [0.1, 0.15) is 5.75 Å². The Labute approximate surface area is 86.6 Å². The Hall–Kier alpha value is -1.40. The molecular formula is C9H6F6O. The summed E-state index contributed by atoms with van der Waals surface area (Å²) in [7, 11) is 0. The lowest BCUT2D eigenvalue weighted by molar-refractivity contribution is -0.274. The predicted molar refractivity (Wildman–Crippen MR) is 42.9 cm³/mol. The molecule has 0 amide bonds. The van der Waals surface area contributed by atoms with Crippen molar-refractivity contribution < 1.29 is 31.1 Å². The van der Waals surface area contributed by atoms with E-state index in [1.807, 2.05) is 0 Å². The standard InChI is InChI=1S/C9H6F6O/c10-8(11,12)5-6-1-3-7(4-2-6)16-9(13,14)15/h1-4H,5H2. The predicted octanol–water partition coefficient (Wildman–Crippen LogP) is 3.69. The summed E-state index contributed by atoms with van der Waals surface area (Å²) in [4.78, 5) is 0. The molecule has 0 fully saturated rings. The fourth-order valence-electron chi connectivity index (χ4n) is 1.04. The molecule has 1 aromatic carbocycles. The Morgan fingerprint density at radius 3 is 1.75 bits per heavy atom. The molecule has 0 atom stereocenters. The Balaban J connectivity index is 2.69. The smallest absolute Gasteiger partial charge is 0.406 e. The van der Waals surface area contributed by atoms with Gasteiger partial charge in [-0.2, -0.15) is 13.2 Å². The summed E-state index contributed by atoms with van der Waals surface area (Å²) in [5, 5.41) is 0. The van der Waals surface area contributed by atoms with E-state index in [1.165, 1.54) is 0 Å². The Morgan fingerprint density at radius 2 is 1.38 bits per heavy atom. The van der Waals surface area contributed by atoms with Crippen LogP contribution in [0.15, 0.2) is 24.3 Å². The van der Waals surface area contributed by atoms with Crippen LogP contribution in [0.3, 0.4) is 0 Å². The van der Waals surface area contributed by atoms with E-state index in [0.29, 0.717) is 0 Å². The Bertz CT molecular complexity index is 302. The zero-order valence-electron chi connectivity index (χ0n) is 7.69. The fraction of sp³-hybridized carbons (Fsp3) is 0.333. The molecule has 0 bridgehead atoms. The monoisotopic (exact) mass is 244 g/mol. The van der Waals surface area contributed by atoms with Gasteiger partial charge in [-0.05, 0) is 17.7 Å². The second-order valence-corrected chi connectivity index (χ2v) is 2.98. The molecule has 0 spiro atoms. The summed E-state index contributed by atoms with van der Waals surface area (Å²) < 4.78 is 74.3. The topological polar surface area (TPSA) is 9.23 Å². The van der Waals surface area contributed by atoms with E-state index < -0.39 is 24.7 Å². The molecular weight excluding hydrogens is 238 g/mol. The summed E-state index contributed by atoms with van der Waals surface area (Å²) >= 11 is 0. The average Bonchev–Trinajstić information content (AvgIpc) is 2.03. The molecule has 0 aliphatic carbocycles. The second-order valence-electron chi connectivity index (χ2n) is 2.98. The van der Waals surface area contributed by atoms with Crippen LogP contribution in [-0.2, 0) is 6.42 Å². The van der Waals surface area contributed by atoms with Gasteiger partial charge < -0.3 is 4.74 Å². The van der Waals surface area contributed by atoms with Gasteiger partial charge in [0.05, 0.1) is 6.42 Å². The maximum atomic E-state index is 11.9. The number of ether oxygens (including phenoxy) is 1. The van der Waals surface area contributed by atoms with Crippen molar-refractivity contribution in [3.8, 4) is 5.75 Å². The lowest BCUT2D eigenvalue weighted by Crippen LogP contribution is -2.17. The molecule has 0 saturated carbocycles. The second kappa shape index (κ2) is 4.23. The van der Waals surface area contributed by atoms with E-state index in [-0.39, 0.29) is 5.56 Å². The number of rotatable bonds is 2. The molecule has 90 valence electrons. The van der Waals surface area contributed by atoms with E-state index in [9.17, 15) is 26.3 Å². The Kier molecular flexibility index (Phi) is 3.35. The van der Waals surface area contributed by atoms with Gasteiger partial charge in [-0.25, -0.2) is 0 Å². The van der Waals surface area contributed by atoms with Gasteiger partial charge in [0, 0.05) is 0 Å². The summed E-state index contributed by atoms with van der Waals surface area (Å²) in [6.07, 6.45) is -10.4. The van der Waals surface area contributed by atoms with E-state index in [0.717, 1.165) is 24.3 Å². The van der Waals surface area contributed by atoms with Crippen molar-refractivity contribution in [2.45, 2.75) is 19.0 Å². The van der Waals surface area contributed by atoms with Gasteiger partial charge in [0.15, 0.2) is 0 Å². The molecule has 0 aliphatic rings. The van der Waals surface area contributed by atoms with Gasteiger partial charge >= 0.3 is 12.5 Å². The highest BCUT2D eigenvalue weighted by Crippen LogP contribution is 2.25. The maximum absolute atomic E-state index is 11.9. The first-order valence-electron chi connectivity index (χ1n) is 4.07.